The quantitative estimate of drug-likeness (QED) is 0.795. The van der Waals surface area contributed by atoms with E-state index in [2.05, 4.69) is 18.2 Å². The van der Waals surface area contributed by atoms with E-state index in [0.29, 0.717) is 19.8 Å². The van der Waals surface area contributed by atoms with Crippen LogP contribution in [0.25, 0.3) is 10.8 Å². The molecule has 2 N–H and O–H groups in total. The van der Waals surface area contributed by atoms with Crippen molar-refractivity contribution in [2.24, 2.45) is 5.73 Å². The standard InChI is InChI=1S/C15H19NO2/c1-12(11-16)17-9-10-18-15-8-4-6-13-5-2-3-7-14(13)15/h2-8,12H,9-11,16H2,1H3. The zero-order valence-electron chi connectivity index (χ0n) is 10.6. The van der Waals surface area contributed by atoms with E-state index in [1.54, 1.807) is 0 Å². The Morgan fingerprint density at radius 3 is 2.67 bits per heavy atom. The maximum atomic E-state index is 5.75. The van der Waals surface area contributed by atoms with E-state index in [9.17, 15) is 0 Å². The molecular formula is C15H19NO2. The minimum absolute atomic E-state index is 0.0844. The Kier molecular flexibility index (Phi) is 4.56. The molecule has 0 fully saturated rings. The Morgan fingerprint density at radius 1 is 1.06 bits per heavy atom. The molecule has 18 heavy (non-hydrogen) atoms. The number of hydrogen-bond donors (Lipinski definition) is 1. The van der Waals surface area contributed by atoms with Gasteiger partial charge < -0.3 is 15.2 Å². The van der Waals surface area contributed by atoms with Crippen LogP contribution in [0.1, 0.15) is 6.92 Å². The minimum atomic E-state index is 0.0844. The van der Waals surface area contributed by atoms with Crippen LogP contribution in [0.5, 0.6) is 5.75 Å². The SMILES string of the molecule is CC(CN)OCCOc1cccc2ccccc12. The largest absolute Gasteiger partial charge is 0.491 e. The second-order valence-electron chi connectivity index (χ2n) is 4.24. The number of ether oxygens (including phenoxy) is 2. The normalized spacial score (nSPS) is 12.6. The van der Waals surface area contributed by atoms with Crippen molar-refractivity contribution in [3.63, 3.8) is 0 Å². The van der Waals surface area contributed by atoms with Gasteiger partial charge in [-0.3, -0.25) is 0 Å². The Hall–Kier alpha value is -1.58. The van der Waals surface area contributed by atoms with E-state index >= 15 is 0 Å². The molecule has 0 aliphatic heterocycles. The highest BCUT2D eigenvalue weighted by atomic mass is 16.5. The van der Waals surface area contributed by atoms with Crippen molar-refractivity contribution in [3.8, 4) is 5.75 Å². The fraction of sp³-hybridized carbons (Fsp3) is 0.333. The van der Waals surface area contributed by atoms with Gasteiger partial charge >= 0.3 is 0 Å². The predicted octanol–water partition coefficient (Wildman–Crippen LogP) is 2.58. The number of benzene rings is 2. The van der Waals surface area contributed by atoms with Crippen LogP contribution in [-0.2, 0) is 4.74 Å². The zero-order valence-corrected chi connectivity index (χ0v) is 10.6. The van der Waals surface area contributed by atoms with Crippen LogP contribution < -0.4 is 10.5 Å². The molecule has 0 heterocycles. The van der Waals surface area contributed by atoms with E-state index in [4.69, 9.17) is 15.2 Å². The first kappa shape index (κ1) is 12.9. The number of rotatable bonds is 6. The molecule has 0 aliphatic rings. The van der Waals surface area contributed by atoms with Crippen molar-refractivity contribution in [1.29, 1.82) is 0 Å². The summed E-state index contributed by atoms with van der Waals surface area (Å²) in [6.07, 6.45) is 0.0844. The van der Waals surface area contributed by atoms with Gasteiger partial charge in [-0.2, -0.15) is 0 Å². The Labute approximate surface area is 108 Å². The first-order chi connectivity index (χ1) is 8.81. The predicted molar refractivity (Wildman–Crippen MR) is 73.9 cm³/mol. The molecule has 3 nitrogen and oxygen atoms in total. The molecule has 0 saturated heterocycles. The first-order valence-corrected chi connectivity index (χ1v) is 6.23. The van der Waals surface area contributed by atoms with Crippen molar-refractivity contribution in [3.05, 3.63) is 42.5 Å². The van der Waals surface area contributed by atoms with Gasteiger partial charge in [0.1, 0.15) is 12.4 Å². The lowest BCUT2D eigenvalue weighted by atomic mass is 10.1. The molecule has 2 aromatic carbocycles. The van der Waals surface area contributed by atoms with Crippen LogP contribution in [-0.4, -0.2) is 25.9 Å². The summed E-state index contributed by atoms with van der Waals surface area (Å²) in [5.74, 6) is 0.900. The topological polar surface area (TPSA) is 44.5 Å². The van der Waals surface area contributed by atoms with Crippen LogP contribution >= 0.6 is 0 Å². The lowest BCUT2D eigenvalue weighted by molar-refractivity contribution is 0.0499. The third-order valence-electron chi connectivity index (χ3n) is 2.82. The lowest BCUT2D eigenvalue weighted by Gasteiger charge is -2.12. The highest BCUT2D eigenvalue weighted by Crippen LogP contribution is 2.24. The van der Waals surface area contributed by atoms with Gasteiger partial charge in [0.05, 0.1) is 12.7 Å². The second-order valence-corrected chi connectivity index (χ2v) is 4.24. The third-order valence-corrected chi connectivity index (χ3v) is 2.82. The van der Waals surface area contributed by atoms with Gasteiger partial charge in [-0.1, -0.05) is 36.4 Å². The fourth-order valence-corrected chi connectivity index (χ4v) is 1.79. The highest BCUT2D eigenvalue weighted by Gasteiger charge is 2.02. The van der Waals surface area contributed by atoms with Crippen LogP contribution in [0.2, 0.25) is 0 Å². The minimum Gasteiger partial charge on any atom is -0.491 e. The summed E-state index contributed by atoms with van der Waals surface area (Å²) in [5.41, 5.74) is 5.47. The summed E-state index contributed by atoms with van der Waals surface area (Å²) < 4.78 is 11.2. The van der Waals surface area contributed by atoms with E-state index in [-0.39, 0.29) is 6.10 Å². The Morgan fingerprint density at radius 2 is 1.83 bits per heavy atom. The molecular weight excluding hydrogens is 226 g/mol. The average molecular weight is 245 g/mol. The maximum absolute atomic E-state index is 5.75. The summed E-state index contributed by atoms with van der Waals surface area (Å²) >= 11 is 0. The molecule has 96 valence electrons. The molecule has 2 rings (SSSR count). The summed E-state index contributed by atoms with van der Waals surface area (Å²) in [7, 11) is 0. The molecule has 0 radical (unpaired) electrons. The average Bonchev–Trinajstić information content (AvgIpc) is 2.43. The van der Waals surface area contributed by atoms with Crippen LogP contribution in [0, 0.1) is 0 Å². The second kappa shape index (κ2) is 6.38. The summed E-state index contributed by atoms with van der Waals surface area (Å²) in [6.45, 7) is 3.59. The highest BCUT2D eigenvalue weighted by molar-refractivity contribution is 5.88. The molecule has 2 aromatic rings. The molecule has 0 aromatic heterocycles. The van der Waals surface area contributed by atoms with Gasteiger partial charge in [-0.15, -0.1) is 0 Å². The van der Waals surface area contributed by atoms with Gasteiger partial charge in [-0.25, -0.2) is 0 Å². The van der Waals surface area contributed by atoms with E-state index in [1.807, 2.05) is 31.2 Å². The number of nitrogens with two attached hydrogens (primary N) is 1. The van der Waals surface area contributed by atoms with Crippen molar-refractivity contribution in [2.45, 2.75) is 13.0 Å². The molecule has 0 amide bonds. The van der Waals surface area contributed by atoms with E-state index in [1.165, 1.54) is 5.39 Å². The number of fused-ring (bicyclic) bond motifs is 1. The summed E-state index contributed by atoms with van der Waals surface area (Å²) in [5, 5.41) is 2.32. The van der Waals surface area contributed by atoms with Gasteiger partial charge in [0.15, 0.2) is 0 Å². The van der Waals surface area contributed by atoms with E-state index < -0.39 is 0 Å². The Bertz CT molecular complexity index is 493. The first-order valence-electron chi connectivity index (χ1n) is 6.23. The third kappa shape index (κ3) is 3.22. The van der Waals surface area contributed by atoms with Crippen LogP contribution in [0.3, 0.4) is 0 Å². The molecule has 0 bridgehead atoms. The summed E-state index contributed by atoms with van der Waals surface area (Å²) in [6, 6.07) is 14.2. The van der Waals surface area contributed by atoms with Gasteiger partial charge in [0.2, 0.25) is 0 Å². The van der Waals surface area contributed by atoms with Crippen molar-refractivity contribution in [1.82, 2.24) is 0 Å². The smallest absolute Gasteiger partial charge is 0.127 e. The van der Waals surface area contributed by atoms with Crippen LogP contribution in [0.4, 0.5) is 0 Å². The van der Waals surface area contributed by atoms with Gasteiger partial charge in [-0.05, 0) is 18.4 Å². The zero-order chi connectivity index (χ0) is 12.8. The maximum Gasteiger partial charge on any atom is 0.127 e. The van der Waals surface area contributed by atoms with Gasteiger partial charge in [0, 0.05) is 11.9 Å². The van der Waals surface area contributed by atoms with Crippen molar-refractivity contribution in [2.75, 3.05) is 19.8 Å². The fourth-order valence-electron chi connectivity index (χ4n) is 1.79. The molecule has 0 saturated carbocycles. The van der Waals surface area contributed by atoms with Crippen molar-refractivity contribution >= 4 is 10.8 Å². The molecule has 0 spiro atoms. The van der Waals surface area contributed by atoms with E-state index in [0.717, 1.165) is 11.1 Å². The van der Waals surface area contributed by atoms with Gasteiger partial charge in [0.25, 0.3) is 0 Å². The molecule has 1 atom stereocenters. The molecule has 0 aliphatic carbocycles. The molecule has 1 unspecified atom stereocenters. The number of hydrogen-bond acceptors (Lipinski definition) is 3. The monoisotopic (exact) mass is 245 g/mol. The van der Waals surface area contributed by atoms with Crippen LogP contribution in [0.15, 0.2) is 42.5 Å². The Balaban J connectivity index is 1.95. The molecule has 3 heteroatoms. The summed E-state index contributed by atoms with van der Waals surface area (Å²) in [4.78, 5) is 0. The van der Waals surface area contributed by atoms with Crippen molar-refractivity contribution < 1.29 is 9.47 Å². The lowest BCUT2D eigenvalue weighted by Crippen LogP contribution is -2.22.